The third kappa shape index (κ3) is 2.17. The van der Waals surface area contributed by atoms with Crippen molar-refractivity contribution < 1.29 is 0 Å². The number of aromatic nitrogens is 2. The fourth-order valence-corrected chi connectivity index (χ4v) is 2.20. The summed E-state index contributed by atoms with van der Waals surface area (Å²) in [6.45, 7) is 7.31. The molecule has 14 heavy (non-hydrogen) atoms. The molecule has 1 N–H and O–H groups in total. The Hall–Kier alpha value is -0.350. The number of nitrogens with one attached hydrogen (secondary N) is 1. The topological polar surface area (TPSA) is 29.9 Å². The molecule has 4 heteroatoms. The molecule has 80 valence electrons. The van der Waals surface area contributed by atoms with E-state index in [9.17, 15) is 0 Å². The van der Waals surface area contributed by atoms with Crippen molar-refractivity contribution in [2.24, 2.45) is 7.05 Å². The van der Waals surface area contributed by atoms with E-state index in [0.717, 1.165) is 22.7 Å². The van der Waals surface area contributed by atoms with Gasteiger partial charge in [0.05, 0.1) is 12.2 Å². The Morgan fingerprint density at radius 2 is 2.00 bits per heavy atom. The molecule has 0 saturated carbocycles. The molecule has 1 aromatic rings. The molecule has 0 aromatic carbocycles. The Morgan fingerprint density at radius 1 is 1.43 bits per heavy atom. The van der Waals surface area contributed by atoms with Crippen LogP contribution >= 0.6 is 15.9 Å². The fraction of sp³-hybridized carbons (Fsp3) is 0.700. The standard InChI is InChI=1S/C10H18BrN3/c1-10(2,3)8-9(11)14(5)7(13-8)6-12-4/h12H,6H2,1-5H3. The molecule has 0 fully saturated rings. The average molecular weight is 260 g/mol. The maximum atomic E-state index is 4.62. The maximum absolute atomic E-state index is 4.62. The minimum Gasteiger partial charge on any atom is -0.325 e. The van der Waals surface area contributed by atoms with E-state index >= 15 is 0 Å². The lowest BCUT2D eigenvalue weighted by Crippen LogP contribution is -2.13. The molecular formula is C10H18BrN3. The van der Waals surface area contributed by atoms with Crippen molar-refractivity contribution in [2.45, 2.75) is 32.7 Å². The molecule has 0 unspecified atom stereocenters. The van der Waals surface area contributed by atoms with Crippen LogP contribution in [0.15, 0.2) is 4.60 Å². The molecule has 0 spiro atoms. The van der Waals surface area contributed by atoms with E-state index in [2.05, 4.69) is 51.6 Å². The highest BCUT2D eigenvalue weighted by molar-refractivity contribution is 9.10. The van der Waals surface area contributed by atoms with Gasteiger partial charge in [0, 0.05) is 12.5 Å². The van der Waals surface area contributed by atoms with Crippen molar-refractivity contribution in [3.05, 3.63) is 16.1 Å². The van der Waals surface area contributed by atoms with Crippen LogP contribution in [-0.2, 0) is 19.0 Å². The summed E-state index contributed by atoms with van der Waals surface area (Å²) in [5.41, 5.74) is 1.20. The lowest BCUT2D eigenvalue weighted by Gasteiger charge is -2.15. The molecule has 0 aliphatic carbocycles. The van der Waals surface area contributed by atoms with Crippen LogP contribution in [0.2, 0.25) is 0 Å². The minimum absolute atomic E-state index is 0.0859. The number of rotatable bonds is 2. The quantitative estimate of drug-likeness (QED) is 0.883. The average Bonchev–Trinajstić information content (AvgIpc) is 2.32. The number of hydrogen-bond acceptors (Lipinski definition) is 2. The molecule has 1 aromatic heterocycles. The molecule has 0 aliphatic rings. The van der Waals surface area contributed by atoms with E-state index in [-0.39, 0.29) is 5.41 Å². The molecule has 3 nitrogen and oxygen atoms in total. The zero-order valence-corrected chi connectivity index (χ0v) is 11.1. The number of halogens is 1. The van der Waals surface area contributed by atoms with Gasteiger partial charge < -0.3 is 9.88 Å². The first-order chi connectivity index (χ1) is 6.38. The zero-order valence-electron chi connectivity index (χ0n) is 9.48. The number of imidazole rings is 1. The van der Waals surface area contributed by atoms with Crippen molar-refractivity contribution in [3.8, 4) is 0 Å². The number of nitrogens with zero attached hydrogens (tertiary/aromatic N) is 2. The van der Waals surface area contributed by atoms with Gasteiger partial charge in [-0.05, 0) is 23.0 Å². The van der Waals surface area contributed by atoms with Crippen LogP contribution in [0.4, 0.5) is 0 Å². The summed E-state index contributed by atoms with van der Waals surface area (Å²) in [6, 6.07) is 0. The highest BCUT2D eigenvalue weighted by Gasteiger charge is 2.23. The van der Waals surface area contributed by atoms with Gasteiger partial charge in [-0.15, -0.1) is 0 Å². The largest absolute Gasteiger partial charge is 0.325 e. The molecule has 0 atom stereocenters. The Balaban J connectivity index is 3.15. The van der Waals surface area contributed by atoms with E-state index < -0.39 is 0 Å². The number of hydrogen-bond donors (Lipinski definition) is 1. The van der Waals surface area contributed by atoms with Crippen molar-refractivity contribution in [1.29, 1.82) is 0 Å². The normalized spacial score (nSPS) is 12.1. The lowest BCUT2D eigenvalue weighted by molar-refractivity contribution is 0.566. The van der Waals surface area contributed by atoms with Gasteiger partial charge in [0.1, 0.15) is 10.4 Å². The molecule has 0 aliphatic heterocycles. The van der Waals surface area contributed by atoms with Gasteiger partial charge in [-0.2, -0.15) is 0 Å². The summed E-state index contributed by atoms with van der Waals surface area (Å²) in [6.07, 6.45) is 0. The fourth-order valence-electron chi connectivity index (χ4n) is 1.32. The SMILES string of the molecule is CNCc1nc(C(C)(C)C)c(Br)n1C. The summed E-state index contributed by atoms with van der Waals surface area (Å²) in [4.78, 5) is 4.62. The zero-order chi connectivity index (χ0) is 10.9. The van der Waals surface area contributed by atoms with Gasteiger partial charge in [-0.25, -0.2) is 4.98 Å². The Morgan fingerprint density at radius 3 is 2.36 bits per heavy atom. The Kier molecular flexibility index (Phi) is 3.37. The summed E-state index contributed by atoms with van der Waals surface area (Å²) < 4.78 is 3.16. The van der Waals surface area contributed by atoms with Crippen molar-refractivity contribution in [2.75, 3.05) is 7.05 Å². The molecule has 1 rings (SSSR count). The van der Waals surface area contributed by atoms with Gasteiger partial charge in [0.15, 0.2) is 0 Å². The summed E-state index contributed by atoms with van der Waals surface area (Å²) in [5, 5.41) is 3.11. The van der Waals surface area contributed by atoms with Crippen molar-refractivity contribution in [3.63, 3.8) is 0 Å². The van der Waals surface area contributed by atoms with E-state index in [1.54, 1.807) is 0 Å². The van der Waals surface area contributed by atoms with Crippen LogP contribution in [0, 0.1) is 0 Å². The van der Waals surface area contributed by atoms with Crippen LogP contribution < -0.4 is 5.32 Å². The van der Waals surface area contributed by atoms with Crippen LogP contribution in [-0.4, -0.2) is 16.6 Å². The molecule has 0 bridgehead atoms. The van der Waals surface area contributed by atoms with E-state index in [4.69, 9.17) is 0 Å². The van der Waals surface area contributed by atoms with Gasteiger partial charge >= 0.3 is 0 Å². The summed E-state index contributed by atoms with van der Waals surface area (Å²) in [7, 11) is 3.96. The van der Waals surface area contributed by atoms with Crippen molar-refractivity contribution in [1.82, 2.24) is 14.9 Å². The molecule has 0 saturated heterocycles. The van der Waals surface area contributed by atoms with Crippen LogP contribution in [0.1, 0.15) is 32.3 Å². The first-order valence-corrected chi connectivity index (χ1v) is 5.53. The predicted octanol–water partition coefficient (Wildman–Crippen LogP) is 2.20. The molecule has 1 heterocycles. The highest BCUT2D eigenvalue weighted by atomic mass is 79.9. The molecule has 0 radical (unpaired) electrons. The second kappa shape index (κ2) is 4.03. The smallest absolute Gasteiger partial charge is 0.123 e. The van der Waals surface area contributed by atoms with Gasteiger partial charge in [-0.3, -0.25) is 0 Å². The van der Waals surface area contributed by atoms with E-state index in [0.29, 0.717) is 0 Å². The Labute approximate surface area is 94.0 Å². The maximum Gasteiger partial charge on any atom is 0.123 e. The van der Waals surface area contributed by atoms with Crippen LogP contribution in [0.3, 0.4) is 0 Å². The van der Waals surface area contributed by atoms with Gasteiger partial charge in [0.2, 0.25) is 0 Å². The third-order valence-electron chi connectivity index (χ3n) is 2.16. The van der Waals surface area contributed by atoms with Crippen molar-refractivity contribution >= 4 is 15.9 Å². The lowest BCUT2D eigenvalue weighted by atomic mass is 9.93. The summed E-state index contributed by atoms with van der Waals surface area (Å²) in [5.74, 6) is 1.06. The molecular weight excluding hydrogens is 242 g/mol. The second-order valence-electron chi connectivity index (χ2n) is 4.51. The van der Waals surface area contributed by atoms with Gasteiger partial charge in [0.25, 0.3) is 0 Å². The monoisotopic (exact) mass is 259 g/mol. The van der Waals surface area contributed by atoms with E-state index in [1.807, 2.05) is 14.1 Å². The van der Waals surface area contributed by atoms with Gasteiger partial charge in [-0.1, -0.05) is 20.8 Å². The highest BCUT2D eigenvalue weighted by Crippen LogP contribution is 2.29. The van der Waals surface area contributed by atoms with Crippen LogP contribution in [0.5, 0.6) is 0 Å². The minimum atomic E-state index is 0.0859. The Bertz CT molecular complexity index is 323. The van der Waals surface area contributed by atoms with Crippen LogP contribution in [0.25, 0.3) is 0 Å². The predicted molar refractivity (Wildman–Crippen MR) is 62.4 cm³/mol. The summed E-state index contributed by atoms with van der Waals surface area (Å²) >= 11 is 3.58. The second-order valence-corrected chi connectivity index (χ2v) is 5.26. The third-order valence-corrected chi connectivity index (χ3v) is 3.07. The molecule has 0 amide bonds. The first kappa shape index (κ1) is 11.7. The van der Waals surface area contributed by atoms with E-state index in [1.165, 1.54) is 0 Å². The first-order valence-electron chi connectivity index (χ1n) is 4.74.